The maximum atomic E-state index is 5.94. The van der Waals surface area contributed by atoms with Gasteiger partial charge in [-0.05, 0) is 0 Å². The molecule has 2 N–H and O–H groups in total. The normalized spacial score (nSPS) is 13.4. The number of hydrogen-bond donors (Lipinski definition) is 1. The molecule has 78 valence electrons. The summed E-state index contributed by atoms with van der Waals surface area (Å²) in [6.07, 6.45) is 2.86. The van der Waals surface area contributed by atoms with E-state index in [1.165, 1.54) is 15.3 Å². The number of hydrogen-bond acceptors (Lipinski definition) is 2. The van der Waals surface area contributed by atoms with Crippen molar-refractivity contribution in [3.8, 4) is 0 Å². The Labute approximate surface area is 90.5 Å². The van der Waals surface area contributed by atoms with Gasteiger partial charge in [-0.15, -0.1) is 0 Å². The molecule has 0 aromatic rings. The van der Waals surface area contributed by atoms with Gasteiger partial charge in [0.2, 0.25) is 0 Å². The van der Waals surface area contributed by atoms with E-state index in [2.05, 4.69) is 27.7 Å². The van der Waals surface area contributed by atoms with Crippen molar-refractivity contribution >= 4 is 20.2 Å². The van der Waals surface area contributed by atoms with Crippen LogP contribution >= 0.6 is 0 Å². The van der Waals surface area contributed by atoms with E-state index in [-0.39, 0.29) is 0 Å². The Bertz CT molecular complexity index is 117. The van der Waals surface area contributed by atoms with Crippen LogP contribution in [-0.4, -0.2) is 32.3 Å². The van der Waals surface area contributed by atoms with Crippen LogP contribution in [0.5, 0.6) is 0 Å². The Balaban J connectivity index is 3.48. The summed E-state index contributed by atoms with van der Waals surface area (Å²) in [5.41, 5.74) is 5.70. The van der Waals surface area contributed by atoms with Crippen molar-refractivity contribution in [3.63, 3.8) is 0 Å². The summed E-state index contributed by atoms with van der Waals surface area (Å²) < 4.78 is 8.59. The Morgan fingerprint density at radius 2 is 1.92 bits per heavy atom. The molecule has 0 saturated carbocycles. The van der Waals surface area contributed by atoms with Crippen molar-refractivity contribution in [3.05, 3.63) is 0 Å². The molecule has 0 aromatic carbocycles. The molecule has 1 unspecified atom stereocenters. The molecule has 0 aliphatic carbocycles. The van der Waals surface area contributed by atoms with Crippen LogP contribution < -0.4 is 5.73 Å². The molecule has 0 saturated heterocycles. The molecule has 0 radical (unpaired) electrons. The molecular formula is C10H24NOSn+. The summed E-state index contributed by atoms with van der Waals surface area (Å²) >= 11 is -1.43. The SMILES string of the molecule is C[CH2][Sn+]([CH2]CCC(C)N)[O]C(C)C. The van der Waals surface area contributed by atoms with Crippen LogP contribution in [0.15, 0.2) is 0 Å². The zero-order valence-corrected chi connectivity index (χ0v) is 12.3. The van der Waals surface area contributed by atoms with Crippen molar-refractivity contribution in [2.75, 3.05) is 0 Å². The minimum atomic E-state index is -1.43. The van der Waals surface area contributed by atoms with Gasteiger partial charge in [0.15, 0.2) is 0 Å². The first-order valence-electron chi connectivity index (χ1n) is 5.33. The molecule has 0 aliphatic rings. The fourth-order valence-corrected chi connectivity index (χ4v) is 6.71. The summed E-state index contributed by atoms with van der Waals surface area (Å²) in [4.78, 5) is 0. The monoisotopic (exact) mass is 294 g/mol. The van der Waals surface area contributed by atoms with Crippen LogP contribution in [0.2, 0.25) is 8.87 Å². The molecule has 0 heterocycles. The quantitative estimate of drug-likeness (QED) is 0.732. The zero-order chi connectivity index (χ0) is 10.3. The molecule has 0 rings (SSSR count). The standard InChI is InChI=1S/C5H12N.C3H7O.C2H5.Sn/c1-3-4-5(2)6;1-3(2)4;1-2;/h5H,1,3-4,6H2,2H3;3H,1-2H3;1H2,2H3;/q;-1;;+2. The third-order valence-electron chi connectivity index (χ3n) is 1.91. The van der Waals surface area contributed by atoms with E-state index < -0.39 is 20.2 Å². The van der Waals surface area contributed by atoms with Gasteiger partial charge in [0.1, 0.15) is 0 Å². The Kier molecular flexibility index (Phi) is 8.51. The van der Waals surface area contributed by atoms with Crippen LogP contribution in [0.3, 0.4) is 0 Å². The number of rotatable bonds is 7. The second-order valence-corrected chi connectivity index (χ2v) is 11.1. The van der Waals surface area contributed by atoms with Gasteiger partial charge in [0.05, 0.1) is 0 Å². The molecule has 0 aliphatic heterocycles. The zero-order valence-electron chi connectivity index (χ0n) is 9.47. The van der Waals surface area contributed by atoms with Crippen molar-refractivity contribution in [1.82, 2.24) is 0 Å². The first-order valence-corrected chi connectivity index (χ1v) is 10.5. The summed E-state index contributed by atoms with van der Waals surface area (Å²) in [5.74, 6) is 0. The Hall–Kier alpha value is 0.719. The van der Waals surface area contributed by atoms with Gasteiger partial charge >= 0.3 is 90.5 Å². The van der Waals surface area contributed by atoms with E-state index in [0.29, 0.717) is 12.1 Å². The third-order valence-corrected chi connectivity index (χ3v) is 9.06. The predicted molar refractivity (Wildman–Crippen MR) is 60.1 cm³/mol. The van der Waals surface area contributed by atoms with Crippen molar-refractivity contribution in [2.24, 2.45) is 5.73 Å². The van der Waals surface area contributed by atoms with E-state index in [1.54, 1.807) is 0 Å². The van der Waals surface area contributed by atoms with Crippen molar-refractivity contribution < 1.29 is 3.07 Å². The molecule has 1 atom stereocenters. The fourth-order valence-electron chi connectivity index (χ4n) is 1.27. The van der Waals surface area contributed by atoms with Crippen LogP contribution in [-0.2, 0) is 3.07 Å². The van der Waals surface area contributed by atoms with E-state index in [9.17, 15) is 0 Å². The van der Waals surface area contributed by atoms with E-state index in [0.717, 1.165) is 6.42 Å². The molecule has 0 bridgehead atoms. The molecule has 2 nitrogen and oxygen atoms in total. The van der Waals surface area contributed by atoms with Gasteiger partial charge in [-0.1, -0.05) is 0 Å². The molecular weight excluding hydrogens is 269 g/mol. The third kappa shape index (κ3) is 9.03. The average molecular weight is 293 g/mol. The van der Waals surface area contributed by atoms with Gasteiger partial charge in [-0.2, -0.15) is 0 Å². The van der Waals surface area contributed by atoms with Crippen LogP contribution in [0, 0.1) is 0 Å². The van der Waals surface area contributed by atoms with Crippen molar-refractivity contribution in [1.29, 1.82) is 0 Å². The first-order chi connectivity index (χ1) is 6.06. The molecule has 0 amide bonds. The van der Waals surface area contributed by atoms with Gasteiger partial charge in [-0.3, -0.25) is 0 Å². The van der Waals surface area contributed by atoms with Gasteiger partial charge in [0, 0.05) is 0 Å². The second-order valence-electron chi connectivity index (χ2n) is 3.93. The summed E-state index contributed by atoms with van der Waals surface area (Å²) in [7, 11) is 0. The molecule has 0 aromatic heterocycles. The van der Waals surface area contributed by atoms with Gasteiger partial charge in [-0.25, -0.2) is 0 Å². The van der Waals surface area contributed by atoms with E-state index in [1.807, 2.05) is 0 Å². The minimum absolute atomic E-state index is 0.362. The number of nitrogens with two attached hydrogens (primary N) is 1. The van der Waals surface area contributed by atoms with Crippen LogP contribution in [0.25, 0.3) is 0 Å². The topological polar surface area (TPSA) is 35.2 Å². The predicted octanol–water partition coefficient (Wildman–Crippen LogP) is 2.55. The fraction of sp³-hybridized carbons (Fsp3) is 1.00. The average Bonchev–Trinajstić information content (AvgIpc) is 2.01. The Morgan fingerprint density at radius 1 is 1.31 bits per heavy atom. The van der Waals surface area contributed by atoms with E-state index >= 15 is 0 Å². The summed E-state index contributed by atoms with van der Waals surface area (Å²) in [6.45, 7) is 8.63. The molecule has 13 heavy (non-hydrogen) atoms. The van der Waals surface area contributed by atoms with Crippen molar-refractivity contribution in [2.45, 2.75) is 61.6 Å². The molecule has 0 fully saturated rings. The first kappa shape index (κ1) is 13.7. The molecule has 0 spiro atoms. The summed E-state index contributed by atoms with van der Waals surface area (Å²) in [5, 5.41) is 0. The Morgan fingerprint density at radius 3 is 2.31 bits per heavy atom. The maximum absolute atomic E-state index is 5.94. The van der Waals surface area contributed by atoms with E-state index in [4.69, 9.17) is 8.81 Å². The molecule has 3 heteroatoms. The van der Waals surface area contributed by atoms with Gasteiger partial charge in [0.25, 0.3) is 0 Å². The van der Waals surface area contributed by atoms with Gasteiger partial charge < -0.3 is 0 Å². The van der Waals surface area contributed by atoms with Crippen LogP contribution in [0.4, 0.5) is 0 Å². The van der Waals surface area contributed by atoms with Crippen LogP contribution in [0.1, 0.15) is 40.5 Å². The summed E-state index contributed by atoms with van der Waals surface area (Å²) in [6, 6.07) is 0.362. The second kappa shape index (κ2) is 8.06.